The molecule has 1 saturated heterocycles. The molecule has 3 aromatic rings. The topological polar surface area (TPSA) is 126 Å². The van der Waals surface area contributed by atoms with Crippen LogP contribution in [0.4, 0.5) is 9.52 Å². The number of halogens is 1. The van der Waals surface area contributed by atoms with Crippen LogP contribution in [-0.2, 0) is 14.3 Å². The highest BCUT2D eigenvalue weighted by molar-refractivity contribution is 7.17. The van der Waals surface area contributed by atoms with Crippen LogP contribution in [0, 0.1) is 19.7 Å². The standard InChI is InChI=1S/C26H23FN2O7S/c1-5-36-25(34)23-13(3)28-26(37-23)29-20(14-8-9-17(30)18(11-14)35-4)19(22(32)24(29)33)21(31)15-7-6-12(2)16(27)10-15/h6-11,20,30-31H,5H2,1-4H3/b21-19-. The largest absolute Gasteiger partial charge is 0.507 e. The normalized spacial score (nSPS) is 16.8. The van der Waals surface area contributed by atoms with Crippen molar-refractivity contribution in [3.05, 3.63) is 75.0 Å². The molecular weight excluding hydrogens is 503 g/mol. The first-order valence-corrected chi connectivity index (χ1v) is 12.0. The average Bonchev–Trinajstić information content (AvgIpc) is 3.37. The molecule has 0 radical (unpaired) electrons. The number of anilines is 1. The number of aryl methyl sites for hydroxylation is 2. The summed E-state index contributed by atoms with van der Waals surface area (Å²) in [5.41, 5.74) is 0.615. The van der Waals surface area contributed by atoms with E-state index >= 15 is 0 Å². The van der Waals surface area contributed by atoms with Gasteiger partial charge in [0.2, 0.25) is 0 Å². The zero-order valence-electron chi connectivity index (χ0n) is 20.4. The maximum atomic E-state index is 14.3. The van der Waals surface area contributed by atoms with Crippen LogP contribution < -0.4 is 9.64 Å². The van der Waals surface area contributed by atoms with Gasteiger partial charge in [0.1, 0.15) is 16.5 Å². The molecule has 1 atom stereocenters. The molecule has 1 aliphatic heterocycles. The summed E-state index contributed by atoms with van der Waals surface area (Å²) in [5.74, 6) is -3.97. The summed E-state index contributed by atoms with van der Waals surface area (Å²) in [6, 6.07) is 6.90. The van der Waals surface area contributed by atoms with E-state index in [2.05, 4.69) is 4.98 Å². The number of hydrogen-bond acceptors (Lipinski definition) is 9. The molecule has 2 aromatic carbocycles. The van der Waals surface area contributed by atoms with Gasteiger partial charge in [-0.25, -0.2) is 14.2 Å². The van der Waals surface area contributed by atoms with Gasteiger partial charge < -0.3 is 19.7 Å². The molecule has 1 aliphatic rings. The number of hydrogen-bond donors (Lipinski definition) is 2. The summed E-state index contributed by atoms with van der Waals surface area (Å²) in [4.78, 5) is 44.5. The van der Waals surface area contributed by atoms with Crippen LogP contribution in [0.3, 0.4) is 0 Å². The van der Waals surface area contributed by atoms with Gasteiger partial charge in [0.05, 0.1) is 31.0 Å². The minimum absolute atomic E-state index is 0.000578. The van der Waals surface area contributed by atoms with Crippen LogP contribution in [0.2, 0.25) is 0 Å². The lowest BCUT2D eigenvalue weighted by atomic mass is 9.95. The number of Topliss-reactive ketones (excluding diaryl/α,β-unsaturated/α-hetero) is 1. The Morgan fingerprint density at radius 2 is 1.92 bits per heavy atom. The summed E-state index contributed by atoms with van der Waals surface area (Å²) in [7, 11) is 1.33. The van der Waals surface area contributed by atoms with E-state index in [-0.39, 0.29) is 39.3 Å². The molecule has 9 nitrogen and oxygen atoms in total. The molecule has 2 heterocycles. The van der Waals surface area contributed by atoms with Gasteiger partial charge in [-0.3, -0.25) is 14.5 Å². The number of aromatic nitrogens is 1. The Labute approximate surface area is 215 Å². The van der Waals surface area contributed by atoms with Crippen LogP contribution in [0.5, 0.6) is 11.5 Å². The summed E-state index contributed by atoms with van der Waals surface area (Å²) in [6.45, 7) is 4.90. The van der Waals surface area contributed by atoms with Gasteiger partial charge in [-0.2, -0.15) is 0 Å². The summed E-state index contributed by atoms with van der Waals surface area (Å²) >= 11 is 0.858. The van der Waals surface area contributed by atoms with Gasteiger partial charge in [-0.1, -0.05) is 29.5 Å². The van der Waals surface area contributed by atoms with E-state index in [1.54, 1.807) is 20.8 Å². The monoisotopic (exact) mass is 526 g/mol. The SMILES string of the molecule is CCOC(=O)c1sc(N2C(=O)C(=O)/C(=C(\O)c3ccc(C)c(F)c3)C2c2ccc(O)c(OC)c2)nc1C. The Morgan fingerprint density at radius 1 is 1.19 bits per heavy atom. The van der Waals surface area contributed by atoms with E-state index in [0.29, 0.717) is 16.8 Å². The Kier molecular flexibility index (Phi) is 6.99. The molecule has 1 aromatic heterocycles. The zero-order valence-corrected chi connectivity index (χ0v) is 21.2. The highest BCUT2D eigenvalue weighted by Crippen LogP contribution is 2.45. The van der Waals surface area contributed by atoms with Crippen molar-refractivity contribution in [1.82, 2.24) is 4.98 Å². The maximum Gasteiger partial charge on any atom is 0.350 e. The number of aliphatic hydroxyl groups is 1. The Balaban J connectivity index is 1.95. The first-order valence-electron chi connectivity index (χ1n) is 11.2. The quantitative estimate of drug-likeness (QED) is 0.209. The van der Waals surface area contributed by atoms with E-state index in [0.717, 1.165) is 22.3 Å². The highest BCUT2D eigenvalue weighted by Gasteiger charge is 2.48. The number of phenols is 1. The van der Waals surface area contributed by atoms with Crippen LogP contribution in [0.1, 0.15) is 45.0 Å². The number of benzene rings is 2. The molecule has 192 valence electrons. The number of thiazole rings is 1. The van der Waals surface area contributed by atoms with Gasteiger partial charge in [0, 0.05) is 5.56 Å². The van der Waals surface area contributed by atoms with Crippen molar-refractivity contribution < 1.29 is 38.5 Å². The minimum atomic E-state index is -1.22. The van der Waals surface area contributed by atoms with E-state index in [4.69, 9.17) is 9.47 Å². The molecule has 1 unspecified atom stereocenters. The van der Waals surface area contributed by atoms with Crippen molar-refractivity contribution in [2.45, 2.75) is 26.8 Å². The number of nitrogens with zero attached hydrogens (tertiary/aromatic N) is 2. The summed E-state index contributed by atoms with van der Waals surface area (Å²) < 4.78 is 24.5. The summed E-state index contributed by atoms with van der Waals surface area (Å²) in [5, 5.41) is 21.3. The first kappa shape index (κ1) is 25.8. The second-order valence-corrected chi connectivity index (χ2v) is 9.17. The molecule has 2 N–H and O–H groups in total. The number of methoxy groups -OCH3 is 1. The van der Waals surface area contributed by atoms with Gasteiger partial charge in [0.25, 0.3) is 5.78 Å². The second-order valence-electron chi connectivity index (χ2n) is 8.20. The molecule has 1 fully saturated rings. The number of phenolic OH excluding ortho intramolecular Hbond substituents is 1. The van der Waals surface area contributed by atoms with Gasteiger partial charge in [0.15, 0.2) is 16.6 Å². The molecule has 4 rings (SSSR count). The predicted octanol–water partition coefficient (Wildman–Crippen LogP) is 4.42. The van der Waals surface area contributed by atoms with E-state index in [1.165, 1.54) is 37.4 Å². The molecule has 11 heteroatoms. The molecular formula is C26H23FN2O7S. The summed E-state index contributed by atoms with van der Waals surface area (Å²) in [6.07, 6.45) is 0. The van der Waals surface area contributed by atoms with Gasteiger partial charge in [-0.15, -0.1) is 0 Å². The zero-order chi connectivity index (χ0) is 27.0. The third-order valence-electron chi connectivity index (χ3n) is 5.86. The minimum Gasteiger partial charge on any atom is -0.507 e. The molecule has 0 bridgehead atoms. The number of amides is 1. The second kappa shape index (κ2) is 10.0. The maximum absolute atomic E-state index is 14.3. The fourth-order valence-electron chi connectivity index (χ4n) is 3.98. The number of ketones is 1. The van der Waals surface area contributed by atoms with Crippen molar-refractivity contribution in [1.29, 1.82) is 0 Å². The van der Waals surface area contributed by atoms with Crippen molar-refractivity contribution in [2.24, 2.45) is 0 Å². The molecule has 0 spiro atoms. The fraction of sp³-hybridized carbons (Fsp3) is 0.231. The lowest BCUT2D eigenvalue weighted by Gasteiger charge is -2.23. The molecule has 0 saturated carbocycles. The average molecular weight is 527 g/mol. The molecule has 37 heavy (non-hydrogen) atoms. The number of aliphatic hydroxyl groups excluding tert-OH is 1. The van der Waals surface area contributed by atoms with Gasteiger partial charge >= 0.3 is 11.9 Å². The van der Waals surface area contributed by atoms with Crippen LogP contribution >= 0.6 is 11.3 Å². The third-order valence-corrected chi connectivity index (χ3v) is 7.00. The van der Waals surface area contributed by atoms with Gasteiger partial charge in [-0.05, 0) is 50.1 Å². The Hall–Kier alpha value is -4.25. The fourth-order valence-corrected chi connectivity index (χ4v) is 4.96. The Bertz CT molecular complexity index is 1460. The van der Waals surface area contributed by atoms with E-state index < -0.39 is 35.3 Å². The predicted molar refractivity (Wildman–Crippen MR) is 133 cm³/mol. The number of carbonyl (C=O) groups excluding carboxylic acids is 3. The van der Waals surface area contributed by atoms with Crippen LogP contribution in [-0.4, -0.2) is 46.6 Å². The smallest absolute Gasteiger partial charge is 0.350 e. The lowest BCUT2D eigenvalue weighted by Crippen LogP contribution is -2.29. The van der Waals surface area contributed by atoms with Crippen molar-refractivity contribution >= 4 is 39.9 Å². The van der Waals surface area contributed by atoms with Crippen molar-refractivity contribution in [2.75, 3.05) is 18.6 Å². The third kappa shape index (κ3) is 4.53. The lowest BCUT2D eigenvalue weighted by molar-refractivity contribution is -0.132. The molecule has 1 amide bonds. The number of aromatic hydroxyl groups is 1. The number of esters is 1. The van der Waals surface area contributed by atoms with E-state index in [1.807, 2.05) is 0 Å². The van der Waals surface area contributed by atoms with Crippen LogP contribution in [0.15, 0.2) is 42.0 Å². The first-order chi connectivity index (χ1) is 17.6. The van der Waals surface area contributed by atoms with Crippen molar-refractivity contribution in [3.63, 3.8) is 0 Å². The number of ether oxygens (including phenoxy) is 2. The molecule has 0 aliphatic carbocycles. The Morgan fingerprint density at radius 3 is 2.57 bits per heavy atom. The number of rotatable bonds is 6. The van der Waals surface area contributed by atoms with E-state index in [9.17, 15) is 29.0 Å². The highest BCUT2D eigenvalue weighted by atomic mass is 32.1. The van der Waals surface area contributed by atoms with Crippen LogP contribution in [0.25, 0.3) is 5.76 Å². The van der Waals surface area contributed by atoms with Crippen molar-refractivity contribution in [3.8, 4) is 11.5 Å². The number of carbonyl (C=O) groups is 3.